The molecule has 1 aromatic rings. The average molecular weight is 194 g/mol. The lowest BCUT2D eigenvalue weighted by Crippen LogP contribution is -2.01. The van der Waals surface area contributed by atoms with Gasteiger partial charge < -0.3 is 0 Å². The minimum Gasteiger partial charge on any atom is -0.0939 e. The molecule has 15 heavy (non-hydrogen) atoms. The summed E-state index contributed by atoms with van der Waals surface area (Å²) >= 11 is 0. The highest BCUT2D eigenvalue weighted by atomic mass is 14.7. The molecule has 0 N–H and O–H groups in total. The standard InChI is InChI=1S/C15H14/c1-2-4-10(5-3-1)6-7-12-11-8-13-14(9-11)15(12)13/h1-5,11-15H,8-9H2. The fourth-order valence-corrected chi connectivity index (χ4v) is 3.98. The van der Waals surface area contributed by atoms with Crippen molar-refractivity contribution in [3.8, 4) is 11.8 Å². The Bertz CT molecular complexity index is 434. The third kappa shape index (κ3) is 1.04. The number of hydrogen-bond acceptors (Lipinski definition) is 0. The Balaban J connectivity index is 1.60. The van der Waals surface area contributed by atoms with E-state index in [1.165, 1.54) is 18.4 Å². The third-order valence-electron chi connectivity index (χ3n) is 4.63. The summed E-state index contributed by atoms with van der Waals surface area (Å²) < 4.78 is 0. The summed E-state index contributed by atoms with van der Waals surface area (Å²) in [6.07, 6.45) is 2.98. The first-order valence-electron chi connectivity index (χ1n) is 6.00. The lowest BCUT2D eigenvalue weighted by molar-refractivity contribution is 0.513. The van der Waals surface area contributed by atoms with Crippen LogP contribution in [0.3, 0.4) is 0 Å². The van der Waals surface area contributed by atoms with Gasteiger partial charge in [0, 0.05) is 11.5 Å². The van der Waals surface area contributed by atoms with Crippen LogP contribution in [0.25, 0.3) is 0 Å². The Morgan fingerprint density at radius 2 is 1.73 bits per heavy atom. The molecule has 0 heteroatoms. The Morgan fingerprint density at radius 3 is 2.33 bits per heavy atom. The van der Waals surface area contributed by atoms with Crippen LogP contribution in [-0.4, -0.2) is 0 Å². The Kier molecular flexibility index (Phi) is 1.42. The highest BCUT2D eigenvalue weighted by Crippen LogP contribution is 2.73. The van der Waals surface area contributed by atoms with Gasteiger partial charge in [0.1, 0.15) is 0 Å². The van der Waals surface area contributed by atoms with Crippen LogP contribution in [-0.2, 0) is 0 Å². The van der Waals surface area contributed by atoms with Crippen molar-refractivity contribution in [2.75, 3.05) is 0 Å². The largest absolute Gasteiger partial charge is 0.0939 e. The van der Waals surface area contributed by atoms with Crippen molar-refractivity contribution in [1.29, 1.82) is 0 Å². The molecule has 0 radical (unpaired) electrons. The second kappa shape index (κ2) is 2.67. The molecule has 4 fully saturated rings. The maximum absolute atomic E-state index is 3.53. The Morgan fingerprint density at radius 1 is 1.00 bits per heavy atom. The summed E-state index contributed by atoms with van der Waals surface area (Å²) in [4.78, 5) is 0. The van der Waals surface area contributed by atoms with Crippen LogP contribution < -0.4 is 0 Å². The SMILES string of the molecule is C(#CC1C2CC3C(C2)C13)c1ccccc1. The summed E-state index contributed by atoms with van der Waals surface area (Å²) in [5, 5.41) is 0. The average Bonchev–Trinajstić information content (AvgIpc) is 2.71. The van der Waals surface area contributed by atoms with Crippen molar-refractivity contribution < 1.29 is 0 Å². The quantitative estimate of drug-likeness (QED) is 0.557. The predicted octanol–water partition coefficient (Wildman–Crippen LogP) is 2.94. The first kappa shape index (κ1) is 7.99. The highest BCUT2D eigenvalue weighted by Gasteiger charge is 2.67. The van der Waals surface area contributed by atoms with Crippen LogP contribution >= 0.6 is 0 Å². The molecule has 0 aliphatic heterocycles. The molecule has 4 bridgehead atoms. The van der Waals surface area contributed by atoms with Crippen LogP contribution in [0.1, 0.15) is 18.4 Å². The maximum Gasteiger partial charge on any atom is 0.0268 e. The zero-order valence-corrected chi connectivity index (χ0v) is 8.69. The van der Waals surface area contributed by atoms with Gasteiger partial charge in [-0.3, -0.25) is 0 Å². The van der Waals surface area contributed by atoms with E-state index in [1.807, 2.05) is 0 Å². The maximum atomic E-state index is 3.53. The van der Waals surface area contributed by atoms with Crippen LogP contribution in [0.5, 0.6) is 0 Å². The Hall–Kier alpha value is -1.22. The summed E-state index contributed by atoms with van der Waals surface area (Å²) in [6, 6.07) is 10.4. The lowest BCUT2D eigenvalue weighted by atomic mass is 9.98. The fourth-order valence-electron chi connectivity index (χ4n) is 3.98. The zero-order valence-electron chi connectivity index (χ0n) is 8.69. The highest BCUT2D eigenvalue weighted by molar-refractivity contribution is 5.36. The van der Waals surface area contributed by atoms with E-state index in [-0.39, 0.29) is 0 Å². The summed E-state index contributed by atoms with van der Waals surface area (Å²) in [7, 11) is 0. The van der Waals surface area contributed by atoms with Gasteiger partial charge in [0.15, 0.2) is 0 Å². The normalized spacial score (nSPS) is 43.6. The molecule has 0 amide bonds. The van der Waals surface area contributed by atoms with Crippen molar-refractivity contribution >= 4 is 0 Å². The third-order valence-corrected chi connectivity index (χ3v) is 4.63. The molecule has 1 aromatic carbocycles. The summed E-state index contributed by atoms with van der Waals surface area (Å²) in [5.74, 6) is 11.8. The predicted molar refractivity (Wildman–Crippen MR) is 60.0 cm³/mol. The van der Waals surface area contributed by atoms with E-state index in [0.29, 0.717) is 0 Å². The molecule has 4 saturated carbocycles. The van der Waals surface area contributed by atoms with Crippen molar-refractivity contribution in [2.24, 2.45) is 29.6 Å². The van der Waals surface area contributed by atoms with E-state index in [2.05, 4.69) is 42.2 Å². The molecule has 0 saturated heterocycles. The second-order valence-corrected chi connectivity index (χ2v) is 5.30. The van der Waals surface area contributed by atoms with Gasteiger partial charge in [0.2, 0.25) is 0 Å². The molecule has 4 aliphatic carbocycles. The second-order valence-electron chi connectivity index (χ2n) is 5.30. The van der Waals surface area contributed by atoms with Crippen molar-refractivity contribution in [2.45, 2.75) is 12.8 Å². The Labute approximate surface area is 90.7 Å². The number of benzene rings is 1. The minimum absolute atomic E-state index is 0.750. The zero-order chi connectivity index (χ0) is 9.83. The van der Waals surface area contributed by atoms with E-state index in [1.54, 1.807) is 0 Å². The monoisotopic (exact) mass is 194 g/mol. The molecule has 0 heterocycles. The molecule has 3 atom stereocenters. The van der Waals surface area contributed by atoms with Gasteiger partial charge in [-0.2, -0.15) is 0 Å². The molecule has 74 valence electrons. The molecule has 4 aliphatic rings. The van der Waals surface area contributed by atoms with E-state index in [4.69, 9.17) is 0 Å². The summed E-state index contributed by atoms with van der Waals surface area (Å²) in [6.45, 7) is 0. The first-order chi connectivity index (χ1) is 7.43. The van der Waals surface area contributed by atoms with Crippen LogP contribution in [0.15, 0.2) is 30.3 Å². The van der Waals surface area contributed by atoms with Crippen LogP contribution in [0.4, 0.5) is 0 Å². The smallest absolute Gasteiger partial charge is 0.0268 e. The van der Waals surface area contributed by atoms with Crippen molar-refractivity contribution in [3.63, 3.8) is 0 Å². The molecule has 0 aromatic heterocycles. The van der Waals surface area contributed by atoms with Gasteiger partial charge >= 0.3 is 0 Å². The van der Waals surface area contributed by atoms with E-state index < -0.39 is 0 Å². The van der Waals surface area contributed by atoms with Crippen LogP contribution in [0.2, 0.25) is 0 Å². The number of hydrogen-bond donors (Lipinski definition) is 0. The first-order valence-corrected chi connectivity index (χ1v) is 6.00. The molecule has 5 rings (SSSR count). The summed E-state index contributed by atoms with van der Waals surface area (Å²) in [5.41, 5.74) is 1.18. The molecule has 0 nitrogen and oxygen atoms in total. The lowest BCUT2D eigenvalue weighted by Gasteiger charge is -2.05. The van der Waals surface area contributed by atoms with E-state index in [0.717, 1.165) is 29.6 Å². The molecular weight excluding hydrogens is 180 g/mol. The van der Waals surface area contributed by atoms with Gasteiger partial charge in [0.05, 0.1) is 0 Å². The van der Waals surface area contributed by atoms with Gasteiger partial charge in [0.25, 0.3) is 0 Å². The van der Waals surface area contributed by atoms with E-state index >= 15 is 0 Å². The van der Waals surface area contributed by atoms with Gasteiger partial charge in [-0.1, -0.05) is 30.0 Å². The topological polar surface area (TPSA) is 0 Å². The van der Waals surface area contributed by atoms with Gasteiger partial charge in [-0.25, -0.2) is 0 Å². The van der Waals surface area contributed by atoms with E-state index in [9.17, 15) is 0 Å². The minimum atomic E-state index is 0.750. The van der Waals surface area contributed by atoms with Crippen molar-refractivity contribution in [3.05, 3.63) is 35.9 Å². The molecule has 0 spiro atoms. The van der Waals surface area contributed by atoms with Crippen molar-refractivity contribution in [1.82, 2.24) is 0 Å². The van der Waals surface area contributed by atoms with Gasteiger partial charge in [-0.15, -0.1) is 0 Å². The fraction of sp³-hybridized carbons (Fsp3) is 0.467. The molecule has 3 unspecified atom stereocenters. The molecular formula is C15H14. The van der Waals surface area contributed by atoms with Crippen LogP contribution in [0, 0.1) is 41.4 Å². The van der Waals surface area contributed by atoms with Gasteiger partial charge in [-0.05, 0) is 48.6 Å². The number of rotatable bonds is 0.